The molecule has 0 fully saturated rings. The van der Waals surface area contributed by atoms with Crippen LogP contribution in [0.3, 0.4) is 0 Å². The summed E-state index contributed by atoms with van der Waals surface area (Å²) in [4.78, 5) is 26.4. The van der Waals surface area contributed by atoms with E-state index < -0.39 is 14.4 Å². The van der Waals surface area contributed by atoms with Crippen LogP contribution < -0.4 is 4.90 Å². The Morgan fingerprint density at radius 2 is 1.80 bits per heavy atom. The summed E-state index contributed by atoms with van der Waals surface area (Å²) in [7, 11) is -2.07. The zero-order valence-electron chi connectivity index (χ0n) is 21.1. The number of benzene rings is 2. The molecule has 2 aliphatic rings. The number of carbonyl (C=O) groups is 1. The first kappa shape index (κ1) is 25.8. The summed E-state index contributed by atoms with van der Waals surface area (Å²) in [6.45, 7) is 11.8. The van der Waals surface area contributed by atoms with E-state index in [-0.39, 0.29) is 23.7 Å². The lowest BCUT2D eigenvalue weighted by Crippen LogP contribution is -2.46. The molecule has 0 radical (unpaired) electrons. The number of hydrogen-bond acceptors (Lipinski definition) is 5. The van der Waals surface area contributed by atoms with Crippen molar-refractivity contribution in [1.82, 2.24) is 0 Å². The molecule has 0 unspecified atom stereocenters. The summed E-state index contributed by atoms with van der Waals surface area (Å²) < 4.78 is 7.32. The number of hydrogen-bond donors (Lipinski definition) is 0. The monoisotopic (exact) mass is 555 g/mol. The van der Waals surface area contributed by atoms with Gasteiger partial charge in [0.05, 0.1) is 18.0 Å². The van der Waals surface area contributed by atoms with Gasteiger partial charge in [0.15, 0.2) is 14.4 Å². The smallest absolute Gasteiger partial charge is 0.254 e. The van der Waals surface area contributed by atoms with Crippen molar-refractivity contribution >= 4 is 46.2 Å². The van der Waals surface area contributed by atoms with Crippen LogP contribution in [0.5, 0.6) is 0 Å². The average Bonchev–Trinajstić information content (AvgIpc) is 3.19. The number of para-hydroxylation sites is 1. The van der Waals surface area contributed by atoms with Crippen molar-refractivity contribution in [2.45, 2.75) is 63.9 Å². The predicted molar refractivity (Wildman–Crippen MR) is 148 cm³/mol. The summed E-state index contributed by atoms with van der Waals surface area (Å²) in [5, 5.41) is 4.05. The highest BCUT2D eigenvalue weighted by Gasteiger charge is 2.40. The van der Waals surface area contributed by atoms with Gasteiger partial charge in [0, 0.05) is 30.5 Å². The fraction of sp³-hybridized carbons (Fsp3) is 0.444. The van der Waals surface area contributed by atoms with Gasteiger partial charge in [-0.05, 0) is 40.1 Å². The molecule has 0 aliphatic carbocycles. The van der Waals surface area contributed by atoms with Crippen LogP contribution in [0.15, 0.2) is 64.7 Å². The summed E-state index contributed by atoms with van der Waals surface area (Å²) in [5.41, 5.74) is 3.63. The number of nitrogens with zero attached hydrogens (tertiary/aromatic N) is 3. The van der Waals surface area contributed by atoms with Gasteiger partial charge >= 0.3 is 0 Å². The van der Waals surface area contributed by atoms with Crippen molar-refractivity contribution in [1.29, 1.82) is 0 Å². The molecule has 4 rings (SSSR count). The molecule has 0 bridgehead atoms. The van der Waals surface area contributed by atoms with Gasteiger partial charge < -0.3 is 14.2 Å². The van der Waals surface area contributed by atoms with Crippen molar-refractivity contribution in [3.05, 3.63) is 65.7 Å². The van der Waals surface area contributed by atoms with Gasteiger partial charge in [0.2, 0.25) is 0 Å². The van der Waals surface area contributed by atoms with E-state index in [2.05, 4.69) is 55.0 Å². The molecule has 0 N–H and O–H groups in total. The minimum absolute atomic E-state index is 0.0416. The molecule has 2 aliphatic heterocycles. The zero-order valence-corrected chi connectivity index (χ0v) is 23.7. The number of amides is 1. The van der Waals surface area contributed by atoms with Gasteiger partial charge in [-0.1, -0.05) is 74.5 Å². The summed E-state index contributed by atoms with van der Waals surface area (Å²) >= 11 is 3.41. The van der Waals surface area contributed by atoms with Crippen molar-refractivity contribution in [3.63, 3.8) is 0 Å². The van der Waals surface area contributed by atoms with Crippen LogP contribution in [-0.2, 0) is 14.1 Å². The molecule has 0 saturated carbocycles. The van der Waals surface area contributed by atoms with E-state index in [1.807, 2.05) is 59.5 Å². The van der Waals surface area contributed by atoms with Crippen molar-refractivity contribution in [2.24, 2.45) is 10.1 Å². The second-order valence-corrected chi connectivity index (χ2v) is 16.4. The highest BCUT2D eigenvalue weighted by atomic mass is 79.9. The maximum Gasteiger partial charge on any atom is 0.254 e. The molecule has 1 amide bonds. The number of aliphatic imine (C=N–C) groups is 1. The lowest BCUT2D eigenvalue weighted by molar-refractivity contribution is -0.120. The Hall–Kier alpha value is -2.29. The van der Waals surface area contributed by atoms with E-state index in [0.717, 1.165) is 27.1 Å². The lowest BCUT2D eigenvalue weighted by atomic mass is 10.00. The molecule has 2 aromatic rings. The number of oxime groups is 1. The Morgan fingerprint density at radius 3 is 2.46 bits per heavy atom. The Morgan fingerprint density at radius 1 is 1.11 bits per heavy atom. The Balaban J connectivity index is 1.70. The third-order valence-corrected chi connectivity index (χ3v) is 12.1. The molecule has 35 heavy (non-hydrogen) atoms. The van der Waals surface area contributed by atoms with Gasteiger partial charge in [0.1, 0.15) is 10.7 Å². The van der Waals surface area contributed by atoms with Gasteiger partial charge in [0.25, 0.3) is 5.91 Å². The number of rotatable bonds is 7. The minimum Gasteiger partial charge on any atom is -0.414 e. The van der Waals surface area contributed by atoms with Crippen molar-refractivity contribution < 1.29 is 14.1 Å². The Labute approximate surface area is 217 Å². The Bertz CT molecular complexity index is 1130. The van der Waals surface area contributed by atoms with Gasteiger partial charge in [-0.3, -0.25) is 9.79 Å². The van der Waals surface area contributed by atoms with Crippen LogP contribution >= 0.6 is 15.9 Å². The summed E-state index contributed by atoms with van der Waals surface area (Å²) in [6, 6.07) is 17.5. The summed E-state index contributed by atoms with van der Waals surface area (Å²) in [6.07, 6.45) is 1.34. The molecule has 0 saturated heterocycles. The molecule has 2 atom stereocenters. The van der Waals surface area contributed by atoms with Gasteiger partial charge in [-0.25, -0.2) is 0 Å². The van der Waals surface area contributed by atoms with Crippen molar-refractivity contribution in [3.8, 4) is 0 Å². The fourth-order valence-corrected chi connectivity index (χ4v) is 5.43. The standard InChI is InChI=1S/C27H34BrN3O3Si/c1-27(2,3)35(4,5)33-18-22-26(32)31(16-15-20-17-24(28)30-34-20)23-14-10-9-13-21(23)25(29-22)19-11-7-6-8-12-19/h6-14,20,22H,15-18H2,1-5H3/t20-,22-/m1/s1. The predicted octanol–water partition coefficient (Wildman–Crippen LogP) is 6.15. The maximum absolute atomic E-state index is 14.0. The summed E-state index contributed by atoms with van der Waals surface area (Å²) in [5.74, 6) is -0.0416. The first-order valence-corrected chi connectivity index (χ1v) is 15.8. The zero-order chi connectivity index (χ0) is 25.2. The quantitative estimate of drug-likeness (QED) is 0.385. The maximum atomic E-state index is 14.0. The third kappa shape index (κ3) is 5.76. The topological polar surface area (TPSA) is 63.5 Å². The van der Waals surface area contributed by atoms with E-state index in [0.29, 0.717) is 19.4 Å². The lowest BCUT2D eigenvalue weighted by Gasteiger charge is -2.37. The highest BCUT2D eigenvalue weighted by molar-refractivity contribution is 9.18. The molecule has 6 nitrogen and oxygen atoms in total. The number of anilines is 1. The minimum atomic E-state index is -2.07. The normalized spacial score (nSPS) is 20.6. The van der Waals surface area contributed by atoms with Crippen molar-refractivity contribution in [2.75, 3.05) is 18.1 Å². The molecule has 8 heteroatoms. The molecule has 2 heterocycles. The fourth-order valence-electron chi connectivity index (χ4n) is 3.98. The van der Waals surface area contributed by atoms with E-state index in [9.17, 15) is 4.79 Å². The number of carbonyl (C=O) groups excluding carboxylic acids is 1. The molecule has 2 aromatic carbocycles. The number of halogens is 1. The molecular formula is C27H34BrN3O3Si. The first-order chi connectivity index (χ1) is 16.6. The largest absolute Gasteiger partial charge is 0.414 e. The van der Waals surface area contributed by atoms with Crippen LogP contribution in [0.25, 0.3) is 0 Å². The third-order valence-electron chi connectivity index (χ3n) is 7.11. The van der Waals surface area contributed by atoms with Gasteiger partial charge in [-0.15, -0.1) is 0 Å². The van der Waals surface area contributed by atoms with Crippen LogP contribution in [0, 0.1) is 0 Å². The van der Waals surface area contributed by atoms with Crippen LogP contribution in [0.4, 0.5) is 5.69 Å². The molecule has 0 aromatic heterocycles. The highest BCUT2D eigenvalue weighted by Crippen LogP contribution is 2.37. The van der Waals surface area contributed by atoms with E-state index >= 15 is 0 Å². The van der Waals surface area contributed by atoms with Crippen LogP contribution in [-0.4, -0.2) is 49.9 Å². The molecule has 186 valence electrons. The SMILES string of the molecule is CC(C)(C)[Si](C)(C)OC[C@H]1N=C(c2ccccc2)c2ccccc2N(CC[C@@H]2CC(Br)=NO2)C1=O. The van der Waals surface area contributed by atoms with E-state index in [1.165, 1.54) is 0 Å². The molecular weight excluding hydrogens is 522 g/mol. The molecule has 0 spiro atoms. The average molecular weight is 557 g/mol. The van der Waals surface area contributed by atoms with Gasteiger partial charge in [-0.2, -0.15) is 0 Å². The Kier molecular flexibility index (Phi) is 7.64. The van der Waals surface area contributed by atoms with Crippen LogP contribution in [0.1, 0.15) is 44.7 Å². The number of benzodiazepines with no additional fused rings is 1. The second kappa shape index (κ2) is 10.4. The number of fused-ring (bicyclic) bond motifs is 1. The van der Waals surface area contributed by atoms with Crippen LogP contribution in [0.2, 0.25) is 18.1 Å². The first-order valence-electron chi connectivity index (χ1n) is 12.1. The van der Waals surface area contributed by atoms with E-state index in [4.69, 9.17) is 14.3 Å². The second-order valence-electron chi connectivity index (χ2n) is 10.6. The van der Waals surface area contributed by atoms with E-state index in [1.54, 1.807) is 0 Å².